The summed E-state index contributed by atoms with van der Waals surface area (Å²) in [6.07, 6.45) is 2.29. The number of hydrogen-bond acceptors (Lipinski definition) is 7. The molecule has 1 atom stereocenters. The van der Waals surface area contributed by atoms with Gasteiger partial charge in [0.25, 0.3) is 5.91 Å². The molecule has 0 spiro atoms. The molecule has 29 heavy (non-hydrogen) atoms. The molecular formula is C21H16N4OS3. The molecule has 5 nitrogen and oxygen atoms in total. The van der Waals surface area contributed by atoms with Crippen LogP contribution in [0.1, 0.15) is 22.2 Å². The van der Waals surface area contributed by atoms with Gasteiger partial charge in [-0.05, 0) is 29.0 Å². The number of amides is 1. The van der Waals surface area contributed by atoms with Gasteiger partial charge in [0.05, 0.1) is 27.9 Å². The highest BCUT2D eigenvalue weighted by atomic mass is 32.2. The van der Waals surface area contributed by atoms with Crippen molar-refractivity contribution in [3.8, 4) is 0 Å². The van der Waals surface area contributed by atoms with Crippen molar-refractivity contribution in [1.29, 1.82) is 0 Å². The summed E-state index contributed by atoms with van der Waals surface area (Å²) in [6, 6.07) is 16.0. The quantitative estimate of drug-likeness (QED) is 0.318. The van der Waals surface area contributed by atoms with Crippen molar-refractivity contribution in [3.05, 3.63) is 75.4 Å². The molecular weight excluding hydrogens is 420 g/mol. The number of aromatic nitrogens is 2. The molecule has 144 valence electrons. The van der Waals surface area contributed by atoms with Gasteiger partial charge in [-0.25, -0.2) is 15.0 Å². The SMILES string of the molecule is O=C(CSc1ncnc2ccccc12)N1N=C(c2cccs2)CC1c1cccs1. The molecule has 1 aliphatic rings. The highest BCUT2D eigenvalue weighted by Gasteiger charge is 2.34. The zero-order chi connectivity index (χ0) is 19.6. The molecule has 0 saturated carbocycles. The Morgan fingerprint density at radius 2 is 1.93 bits per heavy atom. The third kappa shape index (κ3) is 3.71. The van der Waals surface area contributed by atoms with Gasteiger partial charge in [-0.1, -0.05) is 42.1 Å². The lowest BCUT2D eigenvalue weighted by Gasteiger charge is -2.20. The normalized spacial score (nSPS) is 16.3. The fourth-order valence-electron chi connectivity index (χ4n) is 3.33. The minimum atomic E-state index is -0.0395. The van der Waals surface area contributed by atoms with E-state index in [9.17, 15) is 4.79 Å². The summed E-state index contributed by atoms with van der Waals surface area (Å²) in [6.45, 7) is 0. The minimum absolute atomic E-state index is 0.0114. The zero-order valence-corrected chi connectivity index (χ0v) is 17.7. The number of carbonyl (C=O) groups excluding carboxylic acids is 1. The Morgan fingerprint density at radius 1 is 1.07 bits per heavy atom. The van der Waals surface area contributed by atoms with Gasteiger partial charge < -0.3 is 0 Å². The Balaban J connectivity index is 1.39. The predicted molar refractivity (Wildman–Crippen MR) is 120 cm³/mol. The van der Waals surface area contributed by atoms with E-state index >= 15 is 0 Å². The molecule has 0 fully saturated rings. The molecule has 0 bridgehead atoms. The van der Waals surface area contributed by atoms with Gasteiger partial charge in [-0.3, -0.25) is 4.79 Å². The lowest BCUT2D eigenvalue weighted by Crippen LogP contribution is -2.28. The summed E-state index contributed by atoms with van der Waals surface area (Å²) in [5.74, 6) is 0.270. The van der Waals surface area contributed by atoms with Gasteiger partial charge in [0.1, 0.15) is 11.4 Å². The topological polar surface area (TPSA) is 58.5 Å². The predicted octanol–water partition coefficient (Wildman–Crippen LogP) is 5.22. The molecule has 4 heterocycles. The number of thiophene rings is 2. The summed E-state index contributed by atoms with van der Waals surface area (Å²) >= 11 is 4.76. The first-order chi connectivity index (χ1) is 14.3. The van der Waals surface area contributed by atoms with Crippen molar-refractivity contribution in [1.82, 2.24) is 15.0 Å². The number of nitrogens with zero attached hydrogens (tertiary/aromatic N) is 4. The second kappa shape index (κ2) is 8.06. The van der Waals surface area contributed by atoms with Gasteiger partial charge in [-0.2, -0.15) is 5.10 Å². The van der Waals surface area contributed by atoms with Crippen LogP contribution < -0.4 is 0 Å². The van der Waals surface area contributed by atoms with Crippen molar-refractivity contribution < 1.29 is 4.79 Å². The Labute approximate surface area is 180 Å². The van der Waals surface area contributed by atoms with Crippen LogP contribution in [-0.4, -0.2) is 32.3 Å². The van der Waals surface area contributed by atoms with E-state index in [4.69, 9.17) is 5.10 Å². The van der Waals surface area contributed by atoms with E-state index in [1.165, 1.54) is 11.8 Å². The molecule has 1 aromatic carbocycles. The molecule has 0 radical (unpaired) electrons. The number of hydrogen-bond donors (Lipinski definition) is 0. The van der Waals surface area contributed by atoms with Gasteiger partial charge in [0.2, 0.25) is 0 Å². The molecule has 1 unspecified atom stereocenters. The van der Waals surface area contributed by atoms with Crippen molar-refractivity contribution >= 4 is 57.0 Å². The van der Waals surface area contributed by atoms with Crippen LogP contribution in [-0.2, 0) is 4.79 Å². The van der Waals surface area contributed by atoms with Crippen LogP contribution in [0.15, 0.2) is 75.7 Å². The maximum atomic E-state index is 13.1. The fourth-order valence-corrected chi connectivity index (χ4v) is 5.70. The minimum Gasteiger partial charge on any atom is -0.272 e. The lowest BCUT2D eigenvalue weighted by atomic mass is 10.1. The Kier molecular flexibility index (Phi) is 5.13. The van der Waals surface area contributed by atoms with Gasteiger partial charge >= 0.3 is 0 Å². The second-order valence-electron chi connectivity index (χ2n) is 6.48. The summed E-state index contributed by atoms with van der Waals surface area (Å²) in [7, 11) is 0. The fraction of sp³-hybridized carbons (Fsp3) is 0.143. The van der Waals surface area contributed by atoms with Crippen LogP contribution >= 0.6 is 34.4 Å². The van der Waals surface area contributed by atoms with Crippen LogP contribution in [0.4, 0.5) is 0 Å². The van der Waals surface area contributed by atoms with Crippen molar-refractivity contribution in [2.24, 2.45) is 5.10 Å². The number of fused-ring (bicyclic) bond motifs is 1. The first kappa shape index (κ1) is 18.5. The molecule has 3 aromatic heterocycles. The molecule has 1 aliphatic heterocycles. The molecule has 1 amide bonds. The smallest absolute Gasteiger partial charge is 0.253 e. The Hall–Kier alpha value is -2.55. The molecule has 0 saturated heterocycles. The maximum absolute atomic E-state index is 13.1. The Morgan fingerprint density at radius 3 is 2.76 bits per heavy atom. The lowest BCUT2D eigenvalue weighted by molar-refractivity contribution is -0.130. The third-order valence-corrected chi connectivity index (χ3v) is 7.56. The van der Waals surface area contributed by atoms with Gasteiger partial charge in [0.15, 0.2) is 0 Å². The molecule has 0 aliphatic carbocycles. The average molecular weight is 437 g/mol. The third-order valence-electron chi connectivity index (χ3n) is 4.68. The highest BCUT2D eigenvalue weighted by molar-refractivity contribution is 8.00. The Bertz CT molecular complexity index is 1170. The first-order valence-electron chi connectivity index (χ1n) is 9.09. The number of benzene rings is 1. The van der Waals surface area contributed by atoms with Crippen LogP contribution in [0.5, 0.6) is 0 Å². The number of para-hydroxylation sites is 1. The first-order valence-corrected chi connectivity index (χ1v) is 11.8. The van der Waals surface area contributed by atoms with Crippen molar-refractivity contribution in [2.75, 3.05) is 5.75 Å². The number of hydrazone groups is 1. The second-order valence-corrected chi connectivity index (χ2v) is 9.37. The number of carbonyl (C=O) groups is 1. The highest BCUT2D eigenvalue weighted by Crippen LogP contribution is 2.36. The molecule has 8 heteroatoms. The van der Waals surface area contributed by atoms with Crippen LogP contribution in [0.25, 0.3) is 10.9 Å². The van der Waals surface area contributed by atoms with Crippen molar-refractivity contribution in [3.63, 3.8) is 0 Å². The van der Waals surface area contributed by atoms with E-state index in [0.717, 1.165) is 37.8 Å². The monoisotopic (exact) mass is 436 g/mol. The van der Waals surface area contributed by atoms with E-state index < -0.39 is 0 Å². The van der Waals surface area contributed by atoms with Crippen LogP contribution in [0, 0.1) is 0 Å². The van der Waals surface area contributed by atoms with Crippen molar-refractivity contribution in [2.45, 2.75) is 17.5 Å². The largest absolute Gasteiger partial charge is 0.272 e. The summed E-state index contributed by atoms with van der Waals surface area (Å²) in [5.41, 5.74) is 1.86. The van der Waals surface area contributed by atoms with E-state index in [0.29, 0.717) is 0 Å². The summed E-state index contributed by atoms with van der Waals surface area (Å²) in [5, 5.41) is 12.2. The van der Waals surface area contributed by atoms with E-state index in [2.05, 4.69) is 22.1 Å². The van der Waals surface area contributed by atoms with Crippen LogP contribution in [0.2, 0.25) is 0 Å². The maximum Gasteiger partial charge on any atom is 0.253 e. The van der Waals surface area contributed by atoms with E-state index in [1.807, 2.05) is 47.2 Å². The number of rotatable bonds is 5. The van der Waals surface area contributed by atoms with E-state index in [-0.39, 0.29) is 17.7 Å². The average Bonchev–Trinajstić information content (AvgIpc) is 3.52. The molecule has 0 N–H and O–H groups in total. The standard InChI is InChI=1S/C21H16N4OS3/c26-20(12-29-21-14-5-1-2-6-15(14)22-13-23-21)25-17(19-8-4-10-28-19)11-16(24-25)18-7-3-9-27-18/h1-10,13,17H,11-12H2. The van der Waals surface area contributed by atoms with E-state index in [1.54, 1.807) is 34.0 Å². The van der Waals surface area contributed by atoms with Gasteiger partial charge in [-0.15, -0.1) is 22.7 Å². The van der Waals surface area contributed by atoms with Crippen LogP contribution in [0.3, 0.4) is 0 Å². The number of thioether (sulfide) groups is 1. The zero-order valence-electron chi connectivity index (χ0n) is 15.3. The molecule has 5 rings (SSSR count). The summed E-state index contributed by atoms with van der Waals surface area (Å²) in [4.78, 5) is 24.1. The summed E-state index contributed by atoms with van der Waals surface area (Å²) < 4.78 is 0. The van der Waals surface area contributed by atoms with Gasteiger partial charge in [0, 0.05) is 16.7 Å². The molecule has 4 aromatic rings.